The zero-order chi connectivity index (χ0) is 13.9. The summed E-state index contributed by atoms with van der Waals surface area (Å²) in [5, 5.41) is -0.467. The van der Waals surface area contributed by atoms with E-state index in [9.17, 15) is 8.42 Å². The van der Waals surface area contributed by atoms with E-state index in [0.717, 1.165) is 17.1 Å². The summed E-state index contributed by atoms with van der Waals surface area (Å²) in [5.41, 5.74) is 0.937. The average Bonchev–Trinajstić information content (AvgIpc) is 2.47. The lowest BCUT2D eigenvalue weighted by Crippen LogP contribution is -2.48. The third-order valence-corrected chi connectivity index (χ3v) is 6.76. The second-order valence-electron chi connectivity index (χ2n) is 4.33. The maximum absolute atomic E-state index is 12.2. The van der Waals surface area contributed by atoms with Gasteiger partial charge in [-0.25, -0.2) is 13.4 Å². The molecule has 4 nitrogen and oxygen atoms in total. The second-order valence-corrected chi connectivity index (χ2v) is 8.20. The van der Waals surface area contributed by atoms with Gasteiger partial charge in [-0.2, -0.15) is 11.8 Å². The predicted octanol–water partition coefficient (Wildman–Crippen LogP) is 2.13. The van der Waals surface area contributed by atoms with Gasteiger partial charge in [0, 0.05) is 35.9 Å². The summed E-state index contributed by atoms with van der Waals surface area (Å²) in [6.07, 6.45) is 1.71. The Morgan fingerprint density at radius 2 is 2.32 bits per heavy atom. The van der Waals surface area contributed by atoms with Gasteiger partial charge >= 0.3 is 0 Å². The van der Waals surface area contributed by atoms with Crippen LogP contribution in [0.1, 0.15) is 12.5 Å². The Kier molecular flexibility index (Phi) is 4.97. The molecule has 0 saturated carbocycles. The molecule has 1 unspecified atom stereocenters. The fraction of sp³-hybridized carbons (Fsp3) is 0.583. The number of pyridine rings is 1. The van der Waals surface area contributed by atoms with E-state index in [1.807, 2.05) is 17.0 Å². The van der Waals surface area contributed by atoms with Crippen molar-refractivity contribution in [3.05, 3.63) is 23.9 Å². The Hall–Kier alpha value is -0.460. The van der Waals surface area contributed by atoms with Crippen molar-refractivity contribution >= 4 is 39.0 Å². The molecule has 0 amide bonds. The molecule has 0 spiro atoms. The van der Waals surface area contributed by atoms with Gasteiger partial charge in [0.2, 0.25) is 0 Å². The first kappa shape index (κ1) is 14.9. The van der Waals surface area contributed by atoms with Crippen LogP contribution in [0.25, 0.3) is 0 Å². The first-order valence-electron chi connectivity index (χ1n) is 6.15. The Morgan fingerprint density at radius 3 is 2.89 bits per heavy atom. The molecule has 1 aliphatic rings. The molecule has 7 heteroatoms. The minimum Gasteiger partial charge on any atom is -0.338 e. The number of hydrogen-bond acceptors (Lipinski definition) is 5. The van der Waals surface area contributed by atoms with Crippen molar-refractivity contribution in [1.82, 2.24) is 4.98 Å². The monoisotopic (exact) mass is 320 g/mol. The molecule has 0 aromatic carbocycles. The molecular weight excluding hydrogens is 304 g/mol. The summed E-state index contributed by atoms with van der Waals surface area (Å²) in [7, 11) is -3.10. The van der Waals surface area contributed by atoms with E-state index in [2.05, 4.69) is 4.98 Å². The van der Waals surface area contributed by atoms with Gasteiger partial charge in [-0.1, -0.05) is 13.0 Å². The van der Waals surface area contributed by atoms with Crippen LogP contribution in [0.3, 0.4) is 0 Å². The third-order valence-electron chi connectivity index (χ3n) is 3.16. The molecule has 19 heavy (non-hydrogen) atoms. The molecule has 2 heterocycles. The molecule has 0 N–H and O–H groups in total. The van der Waals surface area contributed by atoms with Gasteiger partial charge < -0.3 is 4.90 Å². The Morgan fingerprint density at radius 1 is 1.53 bits per heavy atom. The van der Waals surface area contributed by atoms with Crippen LogP contribution in [0.2, 0.25) is 0 Å². The van der Waals surface area contributed by atoms with E-state index in [0.29, 0.717) is 18.2 Å². The molecule has 1 saturated heterocycles. The summed E-state index contributed by atoms with van der Waals surface area (Å²) in [4.78, 5) is 6.24. The average molecular weight is 321 g/mol. The van der Waals surface area contributed by atoms with Gasteiger partial charge in [0.05, 0.1) is 0 Å². The normalized spacial score (nSPS) is 20.5. The van der Waals surface area contributed by atoms with Crippen LogP contribution in [-0.4, -0.2) is 42.6 Å². The van der Waals surface area contributed by atoms with Crippen LogP contribution in [0.4, 0.5) is 5.82 Å². The Balaban J connectivity index is 2.28. The zero-order valence-electron chi connectivity index (χ0n) is 10.8. The van der Waals surface area contributed by atoms with E-state index >= 15 is 0 Å². The molecule has 1 aromatic rings. The van der Waals surface area contributed by atoms with Crippen molar-refractivity contribution in [2.45, 2.75) is 18.2 Å². The molecule has 0 bridgehead atoms. The van der Waals surface area contributed by atoms with Crippen LogP contribution in [0, 0.1) is 0 Å². The second kappa shape index (κ2) is 6.33. The number of sulfone groups is 1. The van der Waals surface area contributed by atoms with Crippen molar-refractivity contribution in [2.75, 3.05) is 28.7 Å². The van der Waals surface area contributed by atoms with Gasteiger partial charge in [0.1, 0.15) is 11.2 Å². The molecule has 106 valence electrons. The first-order valence-corrected chi connectivity index (χ1v) is 9.56. The van der Waals surface area contributed by atoms with Gasteiger partial charge in [-0.05, 0) is 11.6 Å². The number of anilines is 1. The number of thioether (sulfide) groups is 1. The van der Waals surface area contributed by atoms with E-state index in [-0.39, 0.29) is 5.75 Å². The van der Waals surface area contributed by atoms with Crippen molar-refractivity contribution < 1.29 is 8.42 Å². The summed E-state index contributed by atoms with van der Waals surface area (Å²) in [6.45, 7) is 2.40. The Labute approximate surface area is 123 Å². The predicted molar refractivity (Wildman–Crippen MR) is 81.7 cm³/mol. The third kappa shape index (κ3) is 3.35. The van der Waals surface area contributed by atoms with Crippen LogP contribution >= 0.6 is 23.4 Å². The molecule has 0 aliphatic carbocycles. The lowest BCUT2D eigenvalue weighted by molar-refractivity contribution is 0.579. The largest absolute Gasteiger partial charge is 0.338 e. The van der Waals surface area contributed by atoms with Gasteiger partial charge in [-0.15, -0.1) is 11.6 Å². The van der Waals surface area contributed by atoms with Crippen LogP contribution in [0.5, 0.6) is 0 Å². The van der Waals surface area contributed by atoms with Crippen LogP contribution in [-0.2, 0) is 15.7 Å². The minimum atomic E-state index is -3.10. The topological polar surface area (TPSA) is 50.3 Å². The highest BCUT2D eigenvalue weighted by molar-refractivity contribution is 8.01. The van der Waals surface area contributed by atoms with E-state index in [1.165, 1.54) is 0 Å². The standard InChI is InChI=1S/C12H17ClN2O2S2/c1-2-19(16,17)12-9-18-6-5-15(12)11-4-3-10(7-13)8-14-11/h3-4,8,12H,2,5-7,9H2,1H3. The lowest BCUT2D eigenvalue weighted by atomic mass is 10.3. The fourth-order valence-corrected chi connectivity index (χ4v) is 5.13. The van der Waals surface area contributed by atoms with Crippen molar-refractivity contribution in [3.63, 3.8) is 0 Å². The number of hydrogen-bond donors (Lipinski definition) is 0. The van der Waals surface area contributed by atoms with Crippen molar-refractivity contribution in [3.8, 4) is 0 Å². The van der Waals surface area contributed by atoms with Gasteiger partial charge in [0.25, 0.3) is 0 Å². The fourth-order valence-electron chi connectivity index (χ4n) is 2.00. The van der Waals surface area contributed by atoms with E-state index in [1.54, 1.807) is 24.9 Å². The highest BCUT2D eigenvalue weighted by atomic mass is 35.5. The summed E-state index contributed by atoms with van der Waals surface area (Å²) in [6, 6.07) is 3.75. The first-order chi connectivity index (χ1) is 9.08. The highest BCUT2D eigenvalue weighted by Crippen LogP contribution is 2.26. The number of halogens is 1. The molecule has 1 aliphatic heterocycles. The maximum atomic E-state index is 12.2. The van der Waals surface area contributed by atoms with Crippen molar-refractivity contribution in [1.29, 1.82) is 0 Å². The quantitative estimate of drug-likeness (QED) is 0.796. The van der Waals surface area contributed by atoms with Gasteiger partial charge in [-0.3, -0.25) is 0 Å². The molecule has 2 rings (SSSR count). The maximum Gasteiger partial charge on any atom is 0.171 e. The summed E-state index contributed by atoms with van der Waals surface area (Å²) in [5.74, 6) is 2.83. The number of rotatable bonds is 4. The number of nitrogens with zero attached hydrogens (tertiary/aromatic N) is 2. The summed E-state index contributed by atoms with van der Waals surface area (Å²) < 4.78 is 24.3. The number of alkyl halides is 1. The highest BCUT2D eigenvalue weighted by Gasteiger charge is 2.33. The number of aromatic nitrogens is 1. The smallest absolute Gasteiger partial charge is 0.171 e. The zero-order valence-corrected chi connectivity index (χ0v) is 13.1. The van der Waals surface area contributed by atoms with Gasteiger partial charge in [0.15, 0.2) is 9.84 Å². The van der Waals surface area contributed by atoms with Crippen molar-refractivity contribution in [2.24, 2.45) is 0 Å². The minimum absolute atomic E-state index is 0.161. The Bertz CT molecular complexity index is 519. The molecule has 1 atom stereocenters. The van der Waals surface area contributed by atoms with Crippen LogP contribution < -0.4 is 4.90 Å². The van der Waals surface area contributed by atoms with Crippen LogP contribution in [0.15, 0.2) is 18.3 Å². The molecule has 1 aromatic heterocycles. The molecular formula is C12H17ClN2O2S2. The van der Waals surface area contributed by atoms with E-state index in [4.69, 9.17) is 11.6 Å². The molecule has 0 radical (unpaired) electrons. The SMILES string of the molecule is CCS(=O)(=O)C1CSCCN1c1ccc(CCl)cn1. The summed E-state index contributed by atoms with van der Waals surface area (Å²) >= 11 is 7.42. The lowest BCUT2D eigenvalue weighted by Gasteiger charge is -2.35. The molecule has 1 fully saturated rings. The van der Waals surface area contributed by atoms with E-state index < -0.39 is 15.2 Å².